The van der Waals surface area contributed by atoms with Crippen LogP contribution in [-0.2, 0) is 5.41 Å². The summed E-state index contributed by atoms with van der Waals surface area (Å²) in [7, 11) is 0. The van der Waals surface area contributed by atoms with Crippen LogP contribution >= 0.6 is 0 Å². The fourth-order valence-corrected chi connectivity index (χ4v) is 6.02. The summed E-state index contributed by atoms with van der Waals surface area (Å²) in [6, 6.07) is 28.6. The first kappa shape index (κ1) is 37.0. The van der Waals surface area contributed by atoms with Crippen LogP contribution in [0.15, 0.2) is 94.9 Å². The molecule has 0 amide bonds. The average Bonchev–Trinajstić information content (AvgIpc) is 3.10. The quantitative estimate of drug-likeness (QED) is 0.0697. The first-order valence-corrected chi connectivity index (χ1v) is 17.4. The van der Waals surface area contributed by atoms with Crippen LogP contribution in [0, 0.1) is 6.92 Å². The third-order valence-corrected chi connectivity index (χ3v) is 8.79. The first-order chi connectivity index (χ1) is 22.8. The first-order valence-electron chi connectivity index (χ1n) is 17.4. The molecule has 4 N–H and O–H groups in total. The van der Waals surface area contributed by atoms with Crippen molar-refractivity contribution in [2.24, 2.45) is 15.7 Å². The number of hydrogen-bond acceptors (Lipinski definition) is 3. The second kappa shape index (κ2) is 18.0. The zero-order valence-corrected chi connectivity index (χ0v) is 29.9. The van der Waals surface area contributed by atoms with Crippen molar-refractivity contribution in [3.8, 4) is 11.3 Å². The molecule has 1 atom stereocenters. The van der Waals surface area contributed by atoms with Crippen molar-refractivity contribution in [2.45, 2.75) is 99.3 Å². The minimum Gasteiger partial charge on any atom is -0.398 e. The van der Waals surface area contributed by atoms with Gasteiger partial charge in [0.05, 0.1) is 16.9 Å². The predicted molar refractivity (Wildman–Crippen MR) is 208 cm³/mol. The van der Waals surface area contributed by atoms with Crippen LogP contribution in [0.3, 0.4) is 0 Å². The number of pyridine rings is 1. The van der Waals surface area contributed by atoms with Crippen molar-refractivity contribution >= 4 is 45.2 Å². The fourth-order valence-electron chi connectivity index (χ4n) is 6.02. The number of nitrogens with zero attached hydrogens (tertiary/aromatic N) is 3. The van der Waals surface area contributed by atoms with Gasteiger partial charge < -0.3 is 11.5 Å². The highest BCUT2D eigenvalue weighted by atomic mass is 14.9. The van der Waals surface area contributed by atoms with Crippen molar-refractivity contribution in [3.63, 3.8) is 0 Å². The van der Waals surface area contributed by atoms with Crippen molar-refractivity contribution in [3.05, 3.63) is 102 Å². The van der Waals surface area contributed by atoms with Crippen LogP contribution in [0.2, 0.25) is 0 Å². The minimum atomic E-state index is -0.0430. The van der Waals surface area contributed by atoms with Crippen LogP contribution in [0.1, 0.15) is 104 Å². The van der Waals surface area contributed by atoms with Gasteiger partial charge in [-0.3, -0.25) is 0 Å². The van der Waals surface area contributed by atoms with E-state index >= 15 is 0 Å². The minimum absolute atomic E-state index is 0.0430. The van der Waals surface area contributed by atoms with Gasteiger partial charge >= 0.3 is 0 Å². The SMILES string of the molecule is CC.CCCC(C)(CC)c1ccc(C(N)=NC=Nc2ccccc2C)c2c1nc(-c1ccccc1N)c1ccccc12.CCCCC. The molecule has 0 spiro atoms. The summed E-state index contributed by atoms with van der Waals surface area (Å²) in [6.45, 7) is 17.3. The van der Waals surface area contributed by atoms with Crippen LogP contribution in [-0.4, -0.2) is 17.2 Å². The molecule has 5 heteroatoms. The van der Waals surface area contributed by atoms with Crippen LogP contribution in [0.4, 0.5) is 11.4 Å². The molecular weight excluding hydrogens is 574 g/mol. The molecular formula is C42H55N5. The highest BCUT2D eigenvalue weighted by Gasteiger charge is 2.28. The molecule has 5 rings (SSSR count). The number of nitrogens with two attached hydrogens (primary N) is 2. The molecule has 0 aliphatic rings. The van der Waals surface area contributed by atoms with Gasteiger partial charge in [0.2, 0.25) is 0 Å². The second-order valence-corrected chi connectivity index (χ2v) is 12.0. The lowest BCUT2D eigenvalue weighted by molar-refractivity contribution is 0.416. The Bertz CT molecular complexity index is 1800. The molecule has 1 aromatic heterocycles. The zero-order valence-electron chi connectivity index (χ0n) is 29.9. The van der Waals surface area contributed by atoms with Gasteiger partial charge in [-0.25, -0.2) is 15.0 Å². The Hall–Kier alpha value is -4.51. The smallest absolute Gasteiger partial charge is 0.133 e. The fraction of sp³-hybridized carbons (Fsp3) is 0.357. The summed E-state index contributed by atoms with van der Waals surface area (Å²) in [5, 5.41) is 3.11. The zero-order chi connectivity index (χ0) is 34.4. The molecule has 1 heterocycles. The van der Waals surface area contributed by atoms with Crippen LogP contribution in [0.5, 0.6) is 0 Å². The molecule has 1 unspecified atom stereocenters. The summed E-state index contributed by atoms with van der Waals surface area (Å²) in [5.74, 6) is 0.404. The molecule has 0 radical (unpaired) electrons. The third-order valence-electron chi connectivity index (χ3n) is 8.79. The summed E-state index contributed by atoms with van der Waals surface area (Å²) in [5.41, 5.74) is 20.6. The van der Waals surface area contributed by atoms with Crippen LogP contribution in [0.25, 0.3) is 32.9 Å². The Kier molecular flexibility index (Phi) is 14.1. The number of aromatic nitrogens is 1. The predicted octanol–water partition coefficient (Wildman–Crippen LogP) is 11.7. The maximum atomic E-state index is 6.69. The Morgan fingerprint density at radius 1 is 0.809 bits per heavy atom. The van der Waals surface area contributed by atoms with E-state index in [1.54, 1.807) is 6.34 Å². The number of nitrogen functional groups attached to an aromatic ring is 1. The van der Waals surface area contributed by atoms with Gasteiger partial charge in [-0.15, -0.1) is 0 Å². The highest BCUT2D eigenvalue weighted by molar-refractivity contribution is 6.21. The number of fused-ring (bicyclic) bond motifs is 3. The van der Waals surface area contributed by atoms with Crippen molar-refractivity contribution in [2.75, 3.05) is 5.73 Å². The van der Waals surface area contributed by atoms with Gasteiger partial charge in [-0.1, -0.05) is 147 Å². The van der Waals surface area contributed by atoms with Crippen molar-refractivity contribution in [1.82, 2.24) is 4.98 Å². The number of anilines is 1. The van der Waals surface area contributed by atoms with E-state index < -0.39 is 0 Å². The summed E-state index contributed by atoms with van der Waals surface area (Å²) in [4.78, 5) is 14.5. The molecule has 5 aromatic rings. The van der Waals surface area contributed by atoms with E-state index in [0.29, 0.717) is 11.5 Å². The average molecular weight is 630 g/mol. The van der Waals surface area contributed by atoms with Crippen molar-refractivity contribution in [1.29, 1.82) is 0 Å². The Morgan fingerprint density at radius 3 is 2.06 bits per heavy atom. The molecule has 4 aromatic carbocycles. The number of benzene rings is 4. The van der Waals surface area contributed by atoms with E-state index in [0.717, 1.165) is 69.0 Å². The molecule has 5 nitrogen and oxygen atoms in total. The van der Waals surface area contributed by atoms with Gasteiger partial charge in [0.25, 0.3) is 0 Å². The lowest BCUT2D eigenvalue weighted by Gasteiger charge is -2.30. The van der Waals surface area contributed by atoms with E-state index in [4.69, 9.17) is 16.5 Å². The number of para-hydroxylation sites is 2. The summed E-state index contributed by atoms with van der Waals surface area (Å²) < 4.78 is 0. The number of rotatable bonds is 10. The highest BCUT2D eigenvalue weighted by Crippen LogP contribution is 2.42. The molecule has 0 bridgehead atoms. The Balaban J connectivity index is 0.000000784. The monoisotopic (exact) mass is 629 g/mol. The molecule has 0 saturated heterocycles. The lowest BCUT2D eigenvalue weighted by Crippen LogP contribution is -2.23. The topological polar surface area (TPSA) is 89.6 Å². The van der Waals surface area contributed by atoms with E-state index in [9.17, 15) is 0 Å². The molecule has 248 valence electrons. The van der Waals surface area contributed by atoms with Gasteiger partial charge in [0.15, 0.2) is 0 Å². The molecule has 0 aliphatic carbocycles. The van der Waals surface area contributed by atoms with Crippen molar-refractivity contribution < 1.29 is 0 Å². The van der Waals surface area contributed by atoms with Gasteiger partial charge in [-0.2, -0.15) is 0 Å². The largest absolute Gasteiger partial charge is 0.398 e. The Labute approximate surface area is 283 Å². The number of aliphatic imine (C=N–C) groups is 2. The standard InChI is InChI=1S/C35H37N5.C5H12.C2H6/c1-5-21-35(4,6-2)28-20-19-27(34(37)39-22-38-30-18-12-7-13-23(30)3)31-24-14-8-9-15-25(24)32(40-33(28)31)26-16-10-11-17-29(26)36;1-3-5-4-2;1-2/h7-20,22H,5-6,21,36H2,1-4H3,(H2,37,38,39);3-5H2,1-2H3;1-2H3. The van der Waals surface area contributed by atoms with Gasteiger partial charge in [-0.05, 0) is 53.8 Å². The summed E-state index contributed by atoms with van der Waals surface area (Å²) >= 11 is 0. The summed E-state index contributed by atoms with van der Waals surface area (Å²) in [6.07, 6.45) is 8.76. The molecule has 0 aliphatic heterocycles. The molecule has 0 fully saturated rings. The Morgan fingerprint density at radius 2 is 1.45 bits per heavy atom. The number of amidine groups is 1. The second-order valence-electron chi connectivity index (χ2n) is 12.0. The molecule has 0 saturated carbocycles. The van der Waals surface area contributed by atoms with Crippen LogP contribution < -0.4 is 11.5 Å². The van der Waals surface area contributed by atoms with E-state index in [2.05, 4.69) is 74.9 Å². The number of unbranched alkanes of at least 4 members (excludes halogenated alkanes) is 2. The van der Waals surface area contributed by atoms with Gasteiger partial charge in [0, 0.05) is 27.6 Å². The lowest BCUT2D eigenvalue weighted by atomic mass is 9.75. The van der Waals surface area contributed by atoms with E-state index in [1.165, 1.54) is 24.8 Å². The third kappa shape index (κ3) is 8.65. The molecule has 47 heavy (non-hydrogen) atoms. The van der Waals surface area contributed by atoms with Gasteiger partial charge in [0.1, 0.15) is 12.2 Å². The van der Waals surface area contributed by atoms with E-state index in [1.807, 2.05) is 75.4 Å². The maximum Gasteiger partial charge on any atom is 0.133 e. The number of aryl methyl sites for hydroxylation is 1. The van der Waals surface area contributed by atoms with E-state index in [-0.39, 0.29) is 5.41 Å². The normalized spacial score (nSPS) is 12.7. The maximum absolute atomic E-state index is 6.69. The number of hydrogen-bond donors (Lipinski definition) is 2.